The van der Waals surface area contributed by atoms with Crippen molar-refractivity contribution in [3.8, 4) is 0 Å². The van der Waals surface area contributed by atoms with Crippen LogP contribution in [-0.2, 0) is 0 Å². The van der Waals surface area contributed by atoms with E-state index < -0.39 is 0 Å². The molecule has 20 heavy (non-hydrogen) atoms. The van der Waals surface area contributed by atoms with Crippen LogP contribution in [0.2, 0.25) is 0 Å². The number of aromatic nitrogens is 2. The highest BCUT2D eigenvalue weighted by atomic mass is 16.2. The van der Waals surface area contributed by atoms with Crippen molar-refractivity contribution >= 4 is 16.9 Å². The van der Waals surface area contributed by atoms with Gasteiger partial charge in [-0.2, -0.15) is 0 Å². The molecule has 3 rings (SSSR count). The summed E-state index contributed by atoms with van der Waals surface area (Å²) in [5.41, 5.74) is 2.90. The lowest BCUT2D eigenvalue weighted by atomic mass is 10.1. The summed E-state index contributed by atoms with van der Waals surface area (Å²) in [6.45, 7) is 6.49. The molecule has 106 valence electrons. The number of H-pyrrole nitrogens is 1. The maximum absolute atomic E-state index is 12.5. The van der Waals surface area contributed by atoms with Crippen LogP contribution in [0.4, 0.5) is 0 Å². The van der Waals surface area contributed by atoms with E-state index in [1.165, 1.54) is 0 Å². The number of piperazine rings is 1. The fourth-order valence-corrected chi connectivity index (χ4v) is 2.71. The Bertz CT molecular complexity index is 634. The van der Waals surface area contributed by atoms with Crippen molar-refractivity contribution in [2.45, 2.75) is 26.3 Å². The molecule has 0 radical (unpaired) electrons. The summed E-state index contributed by atoms with van der Waals surface area (Å²) in [5, 5.41) is 3.42. The molecule has 2 aromatic rings. The minimum absolute atomic E-state index is 0.000509. The highest BCUT2D eigenvalue weighted by molar-refractivity contribution is 5.94. The molecule has 2 heterocycles. The third kappa shape index (κ3) is 2.29. The zero-order chi connectivity index (χ0) is 14.1. The van der Waals surface area contributed by atoms with Crippen molar-refractivity contribution in [1.82, 2.24) is 20.2 Å². The van der Waals surface area contributed by atoms with Crippen LogP contribution in [-0.4, -0.2) is 46.5 Å². The van der Waals surface area contributed by atoms with Gasteiger partial charge in [0.15, 0.2) is 5.82 Å². The average Bonchev–Trinajstić information content (AvgIpc) is 2.92. The predicted molar refractivity (Wildman–Crippen MR) is 78.8 cm³/mol. The van der Waals surface area contributed by atoms with Gasteiger partial charge < -0.3 is 15.2 Å². The summed E-state index contributed by atoms with van der Waals surface area (Å²) >= 11 is 0. The molecule has 5 nitrogen and oxygen atoms in total. The van der Waals surface area contributed by atoms with Crippen LogP contribution in [0, 0.1) is 6.92 Å². The molecule has 0 bridgehead atoms. The first-order valence-corrected chi connectivity index (χ1v) is 7.17. The van der Waals surface area contributed by atoms with Gasteiger partial charge in [0.25, 0.3) is 5.91 Å². The molecule has 1 aliphatic rings. The second-order valence-electron chi connectivity index (χ2n) is 5.37. The number of aryl methyl sites for hydroxylation is 1. The number of benzene rings is 1. The molecule has 1 amide bonds. The molecular weight excluding hydrogens is 252 g/mol. The van der Waals surface area contributed by atoms with Crippen LogP contribution in [0.3, 0.4) is 0 Å². The zero-order valence-electron chi connectivity index (χ0n) is 11.9. The molecule has 1 aromatic heterocycles. The van der Waals surface area contributed by atoms with Crippen LogP contribution in [0.1, 0.15) is 29.5 Å². The second kappa shape index (κ2) is 5.25. The summed E-state index contributed by atoms with van der Waals surface area (Å²) < 4.78 is 0. The maximum atomic E-state index is 12.5. The number of carbonyl (C=O) groups excluding carboxylic acids is 1. The topological polar surface area (TPSA) is 61.0 Å². The summed E-state index contributed by atoms with van der Waals surface area (Å²) in [6, 6.07) is 6.33. The number of nitrogens with one attached hydrogen (secondary N) is 2. The molecule has 1 saturated heterocycles. The Balaban J connectivity index is 1.86. The first-order chi connectivity index (χ1) is 9.69. The summed E-state index contributed by atoms with van der Waals surface area (Å²) in [5.74, 6) is 0.451. The lowest BCUT2D eigenvalue weighted by Gasteiger charge is -2.32. The molecule has 5 heteroatoms. The van der Waals surface area contributed by atoms with E-state index in [-0.39, 0.29) is 5.91 Å². The molecule has 1 atom stereocenters. The van der Waals surface area contributed by atoms with E-state index in [4.69, 9.17) is 0 Å². The van der Waals surface area contributed by atoms with Crippen molar-refractivity contribution in [2.75, 3.05) is 19.6 Å². The SMILES string of the molecule is CCC1CN(C(=O)c2nc3c(C)cccc3[nH]2)CCN1. The van der Waals surface area contributed by atoms with Gasteiger partial charge >= 0.3 is 0 Å². The van der Waals surface area contributed by atoms with Gasteiger partial charge in [0.2, 0.25) is 0 Å². The third-order valence-electron chi connectivity index (χ3n) is 3.95. The Morgan fingerprint density at radius 2 is 2.35 bits per heavy atom. The first-order valence-electron chi connectivity index (χ1n) is 7.17. The Labute approximate surface area is 118 Å². The van der Waals surface area contributed by atoms with Gasteiger partial charge in [-0.3, -0.25) is 4.79 Å². The molecule has 1 aromatic carbocycles. The molecule has 1 aliphatic heterocycles. The van der Waals surface area contributed by atoms with E-state index in [2.05, 4.69) is 22.2 Å². The standard InChI is InChI=1S/C15H20N4O/c1-3-11-9-19(8-7-16-11)15(20)14-17-12-6-4-5-10(2)13(12)18-14/h4-6,11,16H,3,7-9H2,1-2H3,(H,17,18). The van der Waals surface area contributed by atoms with Gasteiger partial charge in [0.05, 0.1) is 11.0 Å². The molecule has 0 saturated carbocycles. The highest BCUT2D eigenvalue weighted by Crippen LogP contribution is 2.17. The number of amides is 1. The highest BCUT2D eigenvalue weighted by Gasteiger charge is 2.25. The van der Waals surface area contributed by atoms with Gasteiger partial charge in [-0.25, -0.2) is 4.98 Å². The lowest BCUT2D eigenvalue weighted by molar-refractivity contribution is 0.0690. The maximum Gasteiger partial charge on any atom is 0.289 e. The number of hydrogen-bond donors (Lipinski definition) is 2. The Morgan fingerprint density at radius 3 is 3.10 bits per heavy atom. The minimum atomic E-state index is 0.000509. The number of hydrogen-bond acceptors (Lipinski definition) is 3. The number of imidazole rings is 1. The number of fused-ring (bicyclic) bond motifs is 1. The van der Waals surface area contributed by atoms with E-state index in [1.54, 1.807) is 0 Å². The van der Waals surface area contributed by atoms with Gasteiger partial charge in [-0.15, -0.1) is 0 Å². The summed E-state index contributed by atoms with van der Waals surface area (Å²) in [4.78, 5) is 22.0. The number of rotatable bonds is 2. The number of nitrogens with zero attached hydrogens (tertiary/aromatic N) is 2. The zero-order valence-corrected chi connectivity index (χ0v) is 11.9. The number of aromatic amines is 1. The third-order valence-corrected chi connectivity index (χ3v) is 3.95. The fourth-order valence-electron chi connectivity index (χ4n) is 2.71. The van der Waals surface area contributed by atoms with Gasteiger partial charge in [0, 0.05) is 25.7 Å². The van der Waals surface area contributed by atoms with Crippen molar-refractivity contribution < 1.29 is 4.79 Å². The monoisotopic (exact) mass is 272 g/mol. The Kier molecular flexibility index (Phi) is 3.44. The smallest absolute Gasteiger partial charge is 0.289 e. The molecular formula is C15H20N4O. The molecule has 0 aliphatic carbocycles. The first kappa shape index (κ1) is 13.1. The van der Waals surface area contributed by atoms with Crippen molar-refractivity contribution in [3.05, 3.63) is 29.6 Å². The molecule has 1 fully saturated rings. The van der Waals surface area contributed by atoms with Crippen molar-refractivity contribution in [1.29, 1.82) is 0 Å². The van der Waals surface area contributed by atoms with Crippen LogP contribution in [0.25, 0.3) is 11.0 Å². The van der Waals surface area contributed by atoms with Crippen LogP contribution < -0.4 is 5.32 Å². The quantitative estimate of drug-likeness (QED) is 0.874. The van der Waals surface area contributed by atoms with Crippen LogP contribution in [0.5, 0.6) is 0 Å². The normalized spacial score (nSPS) is 19.5. The van der Waals surface area contributed by atoms with Gasteiger partial charge in [-0.05, 0) is 25.0 Å². The Morgan fingerprint density at radius 1 is 1.50 bits per heavy atom. The number of para-hydroxylation sites is 1. The van der Waals surface area contributed by atoms with E-state index in [0.717, 1.165) is 42.7 Å². The van der Waals surface area contributed by atoms with Crippen LogP contribution >= 0.6 is 0 Å². The van der Waals surface area contributed by atoms with Crippen LogP contribution in [0.15, 0.2) is 18.2 Å². The van der Waals surface area contributed by atoms with E-state index in [1.807, 2.05) is 30.0 Å². The predicted octanol–water partition coefficient (Wildman–Crippen LogP) is 1.70. The van der Waals surface area contributed by atoms with Gasteiger partial charge in [0.1, 0.15) is 0 Å². The minimum Gasteiger partial charge on any atom is -0.334 e. The molecule has 2 N–H and O–H groups in total. The lowest BCUT2D eigenvalue weighted by Crippen LogP contribution is -2.52. The number of carbonyl (C=O) groups is 1. The fraction of sp³-hybridized carbons (Fsp3) is 0.467. The second-order valence-corrected chi connectivity index (χ2v) is 5.37. The summed E-state index contributed by atoms with van der Waals surface area (Å²) in [6.07, 6.45) is 1.03. The van der Waals surface area contributed by atoms with Crippen molar-refractivity contribution in [3.63, 3.8) is 0 Å². The van der Waals surface area contributed by atoms with E-state index >= 15 is 0 Å². The largest absolute Gasteiger partial charge is 0.334 e. The van der Waals surface area contributed by atoms with Crippen molar-refractivity contribution in [2.24, 2.45) is 0 Å². The summed E-state index contributed by atoms with van der Waals surface area (Å²) in [7, 11) is 0. The Hall–Kier alpha value is -1.88. The van der Waals surface area contributed by atoms with Gasteiger partial charge in [-0.1, -0.05) is 19.1 Å². The van der Waals surface area contributed by atoms with E-state index in [9.17, 15) is 4.79 Å². The molecule has 1 unspecified atom stereocenters. The average molecular weight is 272 g/mol. The van der Waals surface area contributed by atoms with E-state index in [0.29, 0.717) is 11.9 Å². The molecule has 0 spiro atoms.